The Hall–Kier alpha value is -1.99. The second-order valence-corrected chi connectivity index (χ2v) is 6.13. The smallest absolute Gasteiger partial charge is 0.246 e. The lowest BCUT2D eigenvalue weighted by Crippen LogP contribution is -2.30. The summed E-state index contributed by atoms with van der Waals surface area (Å²) in [4.78, 5) is 7.51. The Balaban J connectivity index is 2.28. The molecule has 0 amide bonds. The Morgan fingerprint density at radius 1 is 1.15 bits per heavy atom. The molecule has 0 bridgehead atoms. The van der Waals surface area contributed by atoms with Crippen LogP contribution in [0.3, 0.4) is 0 Å². The Kier molecular flexibility index (Phi) is 4.31. The van der Waals surface area contributed by atoms with Crippen LogP contribution in [-0.2, 0) is 16.6 Å². The minimum Gasteiger partial charge on any atom is -0.368 e. The van der Waals surface area contributed by atoms with E-state index in [0.29, 0.717) is 13.1 Å². The van der Waals surface area contributed by atoms with Crippen molar-refractivity contribution in [3.8, 4) is 0 Å². The van der Waals surface area contributed by atoms with Gasteiger partial charge >= 0.3 is 0 Å². The van der Waals surface area contributed by atoms with Crippen LogP contribution < -0.4 is 5.73 Å². The highest BCUT2D eigenvalue weighted by Gasteiger charge is 2.23. The van der Waals surface area contributed by atoms with Gasteiger partial charge in [0, 0.05) is 13.1 Å². The van der Waals surface area contributed by atoms with E-state index in [0.717, 1.165) is 5.56 Å². The van der Waals surface area contributed by atoms with E-state index < -0.39 is 10.0 Å². The van der Waals surface area contributed by atoms with E-state index in [-0.39, 0.29) is 10.8 Å². The third-order valence-electron chi connectivity index (χ3n) is 2.84. The summed E-state index contributed by atoms with van der Waals surface area (Å²) in [6.45, 7) is 2.46. The lowest BCUT2D eigenvalue weighted by Gasteiger charge is -2.20. The molecule has 0 aliphatic carbocycles. The van der Waals surface area contributed by atoms with Gasteiger partial charge in [0.05, 0.1) is 12.4 Å². The quantitative estimate of drug-likeness (QED) is 0.896. The molecule has 6 nitrogen and oxygen atoms in total. The van der Waals surface area contributed by atoms with Gasteiger partial charge in [0.15, 0.2) is 0 Å². The molecule has 0 radical (unpaired) electrons. The summed E-state index contributed by atoms with van der Waals surface area (Å²) in [5, 5.41) is 0. The third kappa shape index (κ3) is 3.12. The second kappa shape index (κ2) is 5.98. The van der Waals surface area contributed by atoms with Gasteiger partial charge in [-0.15, -0.1) is 0 Å². The average Bonchev–Trinajstić information content (AvgIpc) is 2.46. The number of nitrogen functional groups attached to an aromatic ring is 1. The van der Waals surface area contributed by atoms with E-state index in [1.54, 1.807) is 6.92 Å². The van der Waals surface area contributed by atoms with Gasteiger partial charge in [0.1, 0.15) is 4.90 Å². The molecule has 0 atom stereocenters. The fourth-order valence-corrected chi connectivity index (χ4v) is 3.09. The molecule has 2 aromatic rings. The van der Waals surface area contributed by atoms with Gasteiger partial charge in [-0.1, -0.05) is 37.3 Å². The van der Waals surface area contributed by atoms with Gasteiger partial charge in [-0.3, -0.25) is 0 Å². The summed E-state index contributed by atoms with van der Waals surface area (Å²) in [5.41, 5.74) is 6.30. The topological polar surface area (TPSA) is 89.2 Å². The Labute approximate surface area is 118 Å². The van der Waals surface area contributed by atoms with E-state index in [4.69, 9.17) is 5.73 Å². The van der Waals surface area contributed by atoms with Crippen LogP contribution in [0.15, 0.2) is 47.6 Å². The molecule has 1 aromatic heterocycles. The van der Waals surface area contributed by atoms with Crippen molar-refractivity contribution in [3.63, 3.8) is 0 Å². The maximum absolute atomic E-state index is 12.5. The maximum atomic E-state index is 12.5. The fraction of sp³-hybridized carbons (Fsp3) is 0.231. The summed E-state index contributed by atoms with van der Waals surface area (Å²) in [5.74, 6) is 0.0510. The van der Waals surface area contributed by atoms with Gasteiger partial charge in [-0.05, 0) is 5.56 Å². The number of aromatic nitrogens is 2. The largest absolute Gasteiger partial charge is 0.368 e. The highest BCUT2D eigenvalue weighted by molar-refractivity contribution is 7.89. The van der Waals surface area contributed by atoms with Gasteiger partial charge in [-0.2, -0.15) is 4.31 Å². The Bertz CT molecular complexity index is 657. The molecule has 0 fully saturated rings. The number of sulfonamides is 1. The lowest BCUT2D eigenvalue weighted by atomic mass is 10.2. The molecule has 0 saturated heterocycles. The molecular formula is C13H16N4O2S. The van der Waals surface area contributed by atoms with Gasteiger partial charge in [-0.25, -0.2) is 18.4 Å². The van der Waals surface area contributed by atoms with Crippen LogP contribution in [0.1, 0.15) is 12.5 Å². The molecule has 2 rings (SSSR count). The van der Waals surface area contributed by atoms with Crippen LogP contribution in [0.5, 0.6) is 0 Å². The van der Waals surface area contributed by atoms with Gasteiger partial charge in [0.25, 0.3) is 0 Å². The number of anilines is 1. The van der Waals surface area contributed by atoms with E-state index in [1.165, 1.54) is 16.7 Å². The standard InChI is InChI=1S/C13H16N4O2S/c1-2-17(10-11-6-4-3-5-7-11)20(18,19)12-8-15-13(14)16-9-12/h3-9H,2,10H2,1H3,(H2,14,15,16). The summed E-state index contributed by atoms with van der Waals surface area (Å²) in [7, 11) is -3.61. The summed E-state index contributed by atoms with van der Waals surface area (Å²) in [6, 6.07) is 9.42. The Morgan fingerprint density at radius 3 is 2.30 bits per heavy atom. The number of rotatable bonds is 5. The lowest BCUT2D eigenvalue weighted by molar-refractivity contribution is 0.423. The number of hydrogen-bond acceptors (Lipinski definition) is 5. The Morgan fingerprint density at radius 2 is 1.75 bits per heavy atom. The van der Waals surface area contributed by atoms with Crippen molar-refractivity contribution in [2.75, 3.05) is 12.3 Å². The zero-order valence-electron chi connectivity index (χ0n) is 11.1. The molecule has 0 unspecified atom stereocenters. The van der Waals surface area contributed by atoms with Crippen LogP contribution in [0.4, 0.5) is 5.95 Å². The first-order valence-electron chi connectivity index (χ1n) is 6.15. The van der Waals surface area contributed by atoms with E-state index in [9.17, 15) is 8.42 Å². The first-order valence-corrected chi connectivity index (χ1v) is 7.59. The average molecular weight is 292 g/mol. The van der Waals surface area contributed by atoms with E-state index >= 15 is 0 Å². The summed E-state index contributed by atoms with van der Waals surface area (Å²) in [6.07, 6.45) is 2.46. The number of nitrogens with two attached hydrogens (primary N) is 1. The summed E-state index contributed by atoms with van der Waals surface area (Å²) < 4.78 is 26.3. The van der Waals surface area contributed by atoms with Gasteiger partial charge in [0.2, 0.25) is 16.0 Å². The van der Waals surface area contributed by atoms with Crippen LogP contribution in [-0.4, -0.2) is 29.2 Å². The van der Waals surface area contributed by atoms with Crippen LogP contribution in [0.25, 0.3) is 0 Å². The SMILES string of the molecule is CCN(Cc1ccccc1)S(=O)(=O)c1cnc(N)nc1. The number of nitrogens with zero attached hydrogens (tertiary/aromatic N) is 3. The molecule has 20 heavy (non-hydrogen) atoms. The van der Waals surface area contributed by atoms with Crippen molar-refractivity contribution >= 4 is 16.0 Å². The molecule has 7 heteroatoms. The second-order valence-electron chi connectivity index (χ2n) is 4.19. The molecule has 1 aromatic carbocycles. The van der Waals surface area contributed by atoms with Crippen molar-refractivity contribution < 1.29 is 8.42 Å². The zero-order chi connectivity index (χ0) is 14.6. The number of hydrogen-bond donors (Lipinski definition) is 1. The molecule has 1 heterocycles. The first kappa shape index (κ1) is 14.4. The molecular weight excluding hydrogens is 276 g/mol. The summed E-state index contributed by atoms with van der Waals surface area (Å²) >= 11 is 0. The minimum atomic E-state index is -3.61. The fourth-order valence-electron chi connectivity index (χ4n) is 1.76. The maximum Gasteiger partial charge on any atom is 0.246 e. The van der Waals surface area contributed by atoms with Crippen molar-refractivity contribution in [3.05, 3.63) is 48.3 Å². The monoisotopic (exact) mass is 292 g/mol. The molecule has 2 N–H and O–H groups in total. The van der Waals surface area contributed by atoms with Crippen molar-refractivity contribution in [2.24, 2.45) is 0 Å². The predicted molar refractivity (Wildman–Crippen MR) is 76.2 cm³/mol. The molecule has 0 aliphatic rings. The molecule has 106 valence electrons. The van der Waals surface area contributed by atoms with E-state index in [2.05, 4.69) is 9.97 Å². The molecule has 0 spiro atoms. The zero-order valence-corrected chi connectivity index (χ0v) is 11.9. The normalized spacial score (nSPS) is 11.7. The van der Waals surface area contributed by atoms with Crippen LogP contribution in [0.2, 0.25) is 0 Å². The van der Waals surface area contributed by atoms with Crippen molar-refractivity contribution in [1.29, 1.82) is 0 Å². The highest BCUT2D eigenvalue weighted by Crippen LogP contribution is 2.17. The van der Waals surface area contributed by atoms with Crippen molar-refractivity contribution in [1.82, 2.24) is 14.3 Å². The first-order chi connectivity index (χ1) is 9.54. The number of benzene rings is 1. The highest BCUT2D eigenvalue weighted by atomic mass is 32.2. The minimum absolute atomic E-state index is 0.0458. The van der Waals surface area contributed by atoms with Crippen LogP contribution in [0, 0.1) is 0 Å². The predicted octanol–water partition coefficient (Wildman–Crippen LogP) is 1.27. The van der Waals surface area contributed by atoms with Crippen molar-refractivity contribution in [2.45, 2.75) is 18.4 Å². The van der Waals surface area contributed by atoms with E-state index in [1.807, 2.05) is 30.3 Å². The van der Waals surface area contributed by atoms with Gasteiger partial charge < -0.3 is 5.73 Å². The third-order valence-corrected chi connectivity index (χ3v) is 4.71. The van der Waals surface area contributed by atoms with Crippen LogP contribution >= 0.6 is 0 Å². The molecule has 0 aliphatic heterocycles. The molecule has 0 saturated carbocycles.